The van der Waals surface area contributed by atoms with E-state index in [4.69, 9.17) is 4.42 Å². The number of nitrogens with zero attached hydrogens (tertiary/aromatic N) is 3. The number of carbonyl (C=O) groups excluding carboxylic acids is 1. The molecule has 0 spiro atoms. The van der Waals surface area contributed by atoms with Crippen molar-refractivity contribution in [1.82, 2.24) is 20.5 Å². The number of piperidine rings is 1. The van der Waals surface area contributed by atoms with E-state index in [1.54, 1.807) is 6.26 Å². The van der Waals surface area contributed by atoms with Gasteiger partial charge in [0, 0.05) is 36.7 Å². The van der Waals surface area contributed by atoms with E-state index in [1.807, 2.05) is 42.6 Å². The van der Waals surface area contributed by atoms with Gasteiger partial charge < -0.3 is 19.6 Å². The van der Waals surface area contributed by atoms with Gasteiger partial charge in [-0.3, -0.25) is 4.79 Å². The molecule has 31 heavy (non-hydrogen) atoms. The topological polar surface area (TPSA) is 87.0 Å². The highest BCUT2D eigenvalue weighted by atomic mass is 16.3. The van der Waals surface area contributed by atoms with E-state index in [2.05, 4.69) is 37.5 Å². The second-order valence-corrected chi connectivity index (χ2v) is 7.94. The number of rotatable bonds is 6. The molecule has 7 nitrogen and oxygen atoms in total. The fraction of sp³-hybridized carbons (Fsp3) is 0.292. The van der Waals surface area contributed by atoms with Crippen molar-refractivity contribution in [2.75, 3.05) is 24.5 Å². The van der Waals surface area contributed by atoms with Gasteiger partial charge in [-0.25, -0.2) is 0 Å². The summed E-state index contributed by atoms with van der Waals surface area (Å²) in [5.74, 6) is 1.57. The molecular weight excluding hydrogens is 390 g/mol. The van der Waals surface area contributed by atoms with Crippen LogP contribution in [-0.4, -0.2) is 40.7 Å². The number of fused-ring (bicyclic) bond motifs is 1. The van der Waals surface area contributed by atoms with Crippen LogP contribution in [0.2, 0.25) is 0 Å². The summed E-state index contributed by atoms with van der Waals surface area (Å²) in [6.07, 6.45) is 6.32. The summed E-state index contributed by atoms with van der Waals surface area (Å²) in [6, 6.07) is 15.8. The zero-order valence-electron chi connectivity index (χ0n) is 17.3. The Morgan fingerprint density at radius 3 is 2.94 bits per heavy atom. The van der Waals surface area contributed by atoms with Gasteiger partial charge in [0.05, 0.1) is 12.2 Å². The Balaban J connectivity index is 1.16. The van der Waals surface area contributed by atoms with Gasteiger partial charge in [-0.15, -0.1) is 10.2 Å². The van der Waals surface area contributed by atoms with Crippen LogP contribution in [0.25, 0.3) is 22.4 Å². The minimum atomic E-state index is -0.0386. The average molecular weight is 415 g/mol. The van der Waals surface area contributed by atoms with Crippen molar-refractivity contribution >= 4 is 22.6 Å². The largest absolute Gasteiger partial charge is 0.463 e. The summed E-state index contributed by atoms with van der Waals surface area (Å²) in [4.78, 5) is 18.2. The molecule has 4 aromatic rings. The lowest BCUT2D eigenvalue weighted by atomic mass is 9.97. The molecule has 1 aromatic carbocycles. The number of H-pyrrole nitrogens is 1. The first kappa shape index (κ1) is 19.4. The van der Waals surface area contributed by atoms with E-state index in [0.717, 1.165) is 37.1 Å². The number of benzene rings is 1. The Hall–Kier alpha value is -3.61. The Morgan fingerprint density at radius 2 is 2.10 bits per heavy atom. The van der Waals surface area contributed by atoms with Crippen molar-refractivity contribution in [3.63, 3.8) is 0 Å². The van der Waals surface area contributed by atoms with Gasteiger partial charge in [0.1, 0.15) is 5.69 Å². The second kappa shape index (κ2) is 8.63. The SMILES string of the molecule is O=C(NCCc1c[nH]c2ccccc12)[C@H]1CCCN(c2ccc(-c3ccco3)nn2)C1. The Morgan fingerprint density at radius 1 is 1.16 bits per heavy atom. The summed E-state index contributed by atoms with van der Waals surface area (Å²) in [5.41, 5.74) is 3.07. The van der Waals surface area contributed by atoms with E-state index in [-0.39, 0.29) is 11.8 Å². The third kappa shape index (κ3) is 4.17. The van der Waals surface area contributed by atoms with Gasteiger partial charge in [0.2, 0.25) is 5.91 Å². The van der Waals surface area contributed by atoms with E-state index in [9.17, 15) is 4.79 Å². The molecule has 0 radical (unpaired) electrons. The first-order valence-corrected chi connectivity index (χ1v) is 10.7. The molecule has 7 heteroatoms. The standard InChI is InChI=1S/C24H25N5O2/c30-24(25-12-11-17-15-26-20-7-2-1-6-19(17)20)18-5-3-13-29(16-18)23-10-9-21(27-28-23)22-8-4-14-31-22/h1-2,4,6-10,14-15,18,26H,3,5,11-13,16H2,(H,25,30)/t18-/m0/s1. The van der Waals surface area contributed by atoms with Crippen molar-refractivity contribution in [2.45, 2.75) is 19.3 Å². The Kier molecular flexibility index (Phi) is 5.39. The number of hydrogen-bond donors (Lipinski definition) is 2. The number of anilines is 1. The molecule has 2 N–H and O–H groups in total. The van der Waals surface area contributed by atoms with Crippen LogP contribution < -0.4 is 10.2 Å². The summed E-state index contributed by atoms with van der Waals surface area (Å²) in [5, 5.41) is 13.0. The molecule has 1 aliphatic heterocycles. The highest BCUT2D eigenvalue weighted by Gasteiger charge is 2.26. The first-order chi connectivity index (χ1) is 15.3. The normalized spacial score (nSPS) is 16.5. The third-order valence-electron chi connectivity index (χ3n) is 5.91. The summed E-state index contributed by atoms with van der Waals surface area (Å²) >= 11 is 0. The fourth-order valence-corrected chi connectivity index (χ4v) is 4.25. The minimum Gasteiger partial charge on any atom is -0.463 e. The maximum absolute atomic E-state index is 12.8. The maximum atomic E-state index is 12.8. The Bertz CT molecular complexity index is 1150. The number of aromatic nitrogens is 3. The first-order valence-electron chi connectivity index (χ1n) is 10.7. The van der Waals surface area contributed by atoms with Crippen molar-refractivity contribution < 1.29 is 9.21 Å². The lowest BCUT2D eigenvalue weighted by Crippen LogP contribution is -2.43. The number of carbonyl (C=O) groups is 1. The van der Waals surface area contributed by atoms with Gasteiger partial charge in [0.15, 0.2) is 11.6 Å². The van der Waals surface area contributed by atoms with Gasteiger partial charge in [-0.2, -0.15) is 0 Å². The molecule has 0 bridgehead atoms. The Labute approximate surface area is 180 Å². The van der Waals surface area contributed by atoms with E-state index in [0.29, 0.717) is 24.5 Å². The van der Waals surface area contributed by atoms with Gasteiger partial charge in [-0.1, -0.05) is 18.2 Å². The second-order valence-electron chi connectivity index (χ2n) is 7.94. The fourth-order valence-electron chi connectivity index (χ4n) is 4.25. The lowest BCUT2D eigenvalue weighted by Gasteiger charge is -2.32. The van der Waals surface area contributed by atoms with Gasteiger partial charge in [0.25, 0.3) is 0 Å². The molecule has 3 aromatic heterocycles. The molecule has 0 unspecified atom stereocenters. The third-order valence-corrected chi connectivity index (χ3v) is 5.91. The minimum absolute atomic E-state index is 0.0386. The van der Waals surface area contributed by atoms with Crippen LogP contribution >= 0.6 is 0 Å². The van der Waals surface area contributed by atoms with Crippen molar-refractivity contribution in [1.29, 1.82) is 0 Å². The lowest BCUT2D eigenvalue weighted by molar-refractivity contribution is -0.125. The van der Waals surface area contributed by atoms with E-state index < -0.39 is 0 Å². The summed E-state index contributed by atoms with van der Waals surface area (Å²) in [6.45, 7) is 2.18. The molecule has 1 aliphatic rings. The molecule has 0 saturated carbocycles. The number of hydrogen-bond acceptors (Lipinski definition) is 5. The van der Waals surface area contributed by atoms with Crippen LogP contribution in [0.4, 0.5) is 5.82 Å². The monoisotopic (exact) mass is 415 g/mol. The number of para-hydroxylation sites is 1. The molecule has 0 aliphatic carbocycles. The molecule has 1 saturated heterocycles. The smallest absolute Gasteiger partial charge is 0.224 e. The van der Waals surface area contributed by atoms with Crippen LogP contribution in [0.1, 0.15) is 18.4 Å². The van der Waals surface area contributed by atoms with Gasteiger partial charge >= 0.3 is 0 Å². The van der Waals surface area contributed by atoms with Gasteiger partial charge in [-0.05, 0) is 55.2 Å². The van der Waals surface area contributed by atoms with Crippen LogP contribution in [-0.2, 0) is 11.2 Å². The maximum Gasteiger partial charge on any atom is 0.224 e. The predicted molar refractivity (Wildman–Crippen MR) is 120 cm³/mol. The zero-order chi connectivity index (χ0) is 21.0. The molecular formula is C24H25N5O2. The molecule has 5 rings (SSSR count). The van der Waals surface area contributed by atoms with Crippen LogP contribution in [0.5, 0.6) is 0 Å². The quantitative estimate of drug-likeness (QED) is 0.500. The molecule has 1 fully saturated rings. The highest BCUT2D eigenvalue weighted by molar-refractivity contribution is 5.83. The zero-order valence-corrected chi connectivity index (χ0v) is 17.3. The predicted octanol–water partition coefficient (Wildman–Crippen LogP) is 3.79. The van der Waals surface area contributed by atoms with Crippen LogP contribution in [0.3, 0.4) is 0 Å². The average Bonchev–Trinajstić information content (AvgIpc) is 3.50. The van der Waals surface area contributed by atoms with E-state index in [1.165, 1.54) is 10.9 Å². The molecule has 1 amide bonds. The number of aromatic amines is 1. The number of nitrogens with one attached hydrogen (secondary N) is 2. The highest BCUT2D eigenvalue weighted by Crippen LogP contribution is 2.24. The number of furan rings is 1. The van der Waals surface area contributed by atoms with Crippen LogP contribution in [0.15, 0.2) is 65.4 Å². The van der Waals surface area contributed by atoms with E-state index >= 15 is 0 Å². The molecule has 1 atom stereocenters. The van der Waals surface area contributed by atoms with Crippen molar-refractivity contribution in [3.05, 3.63) is 66.6 Å². The molecule has 4 heterocycles. The summed E-state index contributed by atoms with van der Waals surface area (Å²) < 4.78 is 5.37. The van der Waals surface area contributed by atoms with Crippen LogP contribution in [0, 0.1) is 5.92 Å². The number of amides is 1. The summed E-state index contributed by atoms with van der Waals surface area (Å²) in [7, 11) is 0. The molecule has 158 valence electrons. The van der Waals surface area contributed by atoms with Crippen molar-refractivity contribution in [2.24, 2.45) is 5.92 Å². The van der Waals surface area contributed by atoms with Crippen molar-refractivity contribution in [3.8, 4) is 11.5 Å².